The van der Waals surface area contributed by atoms with Crippen molar-refractivity contribution in [3.63, 3.8) is 0 Å². The van der Waals surface area contributed by atoms with Crippen molar-refractivity contribution in [3.05, 3.63) is 29.6 Å². The van der Waals surface area contributed by atoms with Gasteiger partial charge in [0.15, 0.2) is 0 Å². The molecule has 1 aliphatic heterocycles. The fourth-order valence-corrected chi connectivity index (χ4v) is 2.25. The summed E-state index contributed by atoms with van der Waals surface area (Å²) in [5.41, 5.74) is 1.64. The zero-order valence-electron chi connectivity index (χ0n) is 10.7. The zero-order chi connectivity index (χ0) is 13.0. The predicted molar refractivity (Wildman–Crippen MR) is 70.1 cm³/mol. The van der Waals surface area contributed by atoms with Crippen LogP contribution in [0.4, 0.5) is 10.1 Å². The highest BCUT2D eigenvalue weighted by Crippen LogP contribution is 2.15. The number of halogens is 1. The molecule has 0 saturated carbocycles. The molecule has 18 heavy (non-hydrogen) atoms. The number of nitrogens with zero attached hydrogens (tertiary/aromatic N) is 1. The molecule has 1 N–H and O–H groups in total. The Morgan fingerprint density at radius 3 is 2.72 bits per heavy atom. The maximum Gasteiger partial charge on any atom is 0.241 e. The highest BCUT2D eigenvalue weighted by molar-refractivity contribution is 5.81. The number of nitrogens with one attached hydrogen (secondary N) is 1. The van der Waals surface area contributed by atoms with Crippen molar-refractivity contribution in [1.82, 2.24) is 4.90 Å². The molecular formula is C14H19FN2O. The first-order valence-corrected chi connectivity index (χ1v) is 6.44. The van der Waals surface area contributed by atoms with Gasteiger partial charge in [-0.15, -0.1) is 0 Å². The van der Waals surface area contributed by atoms with Gasteiger partial charge in [0.2, 0.25) is 5.91 Å². The summed E-state index contributed by atoms with van der Waals surface area (Å²) in [5.74, 6) is -0.126. The number of anilines is 1. The molecule has 1 aliphatic rings. The van der Waals surface area contributed by atoms with Crippen LogP contribution in [0.15, 0.2) is 18.2 Å². The molecule has 0 unspecified atom stereocenters. The third-order valence-corrected chi connectivity index (χ3v) is 3.33. The van der Waals surface area contributed by atoms with E-state index in [1.165, 1.54) is 18.6 Å². The molecule has 0 atom stereocenters. The minimum absolute atomic E-state index is 0.124. The van der Waals surface area contributed by atoms with Gasteiger partial charge in [-0.05, 0) is 49.9 Å². The van der Waals surface area contributed by atoms with E-state index in [0.717, 1.165) is 37.2 Å². The van der Waals surface area contributed by atoms with Gasteiger partial charge in [-0.25, -0.2) is 4.39 Å². The van der Waals surface area contributed by atoms with Crippen LogP contribution in [-0.2, 0) is 4.79 Å². The van der Waals surface area contributed by atoms with E-state index in [2.05, 4.69) is 5.32 Å². The summed E-state index contributed by atoms with van der Waals surface area (Å²) >= 11 is 0. The summed E-state index contributed by atoms with van der Waals surface area (Å²) in [6.07, 6.45) is 3.41. The number of piperidine rings is 1. The summed E-state index contributed by atoms with van der Waals surface area (Å²) in [6.45, 7) is 3.84. The minimum atomic E-state index is -0.250. The molecule has 3 nitrogen and oxygen atoms in total. The fraction of sp³-hybridized carbons (Fsp3) is 0.500. The number of carbonyl (C=O) groups excluding carboxylic acids is 1. The van der Waals surface area contributed by atoms with Crippen molar-refractivity contribution in [2.75, 3.05) is 25.0 Å². The molecule has 0 aromatic heterocycles. The van der Waals surface area contributed by atoms with Crippen LogP contribution in [0.5, 0.6) is 0 Å². The second-order valence-corrected chi connectivity index (χ2v) is 4.75. The van der Waals surface area contributed by atoms with E-state index in [9.17, 15) is 9.18 Å². The molecule has 1 aromatic carbocycles. The van der Waals surface area contributed by atoms with E-state index in [1.54, 1.807) is 6.07 Å². The SMILES string of the molecule is Cc1cc(F)ccc1NCC(=O)N1CCCCC1. The lowest BCUT2D eigenvalue weighted by Crippen LogP contribution is -2.39. The average Bonchev–Trinajstić information content (AvgIpc) is 2.38. The van der Waals surface area contributed by atoms with Gasteiger partial charge in [0.25, 0.3) is 0 Å². The van der Waals surface area contributed by atoms with Gasteiger partial charge in [-0.3, -0.25) is 4.79 Å². The van der Waals surface area contributed by atoms with Crippen LogP contribution in [0, 0.1) is 12.7 Å². The Hall–Kier alpha value is -1.58. The normalized spacial score (nSPS) is 15.6. The Bertz CT molecular complexity index is 428. The minimum Gasteiger partial charge on any atom is -0.376 e. The Morgan fingerprint density at radius 2 is 2.06 bits per heavy atom. The Balaban J connectivity index is 1.88. The van der Waals surface area contributed by atoms with Gasteiger partial charge < -0.3 is 10.2 Å². The number of amides is 1. The number of benzene rings is 1. The summed E-state index contributed by atoms with van der Waals surface area (Å²) in [5, 5.41) is 3.08. The molecule has 2 rings (SSSR count). The Kier molecular flexibility index (Phi) is 4.18. The molecule has 0 radical (unpaired) electrons. The lowest BCUT2D eigenvalue weighted by Gasteiger charge is -2.27. The van der Waals surface area contributed by atoms with Crippen molar-refractivity contribution >= 4 is 11.6 Å². The summed E-state index contributed by atoms with van der Waals surface area (Å²) in [7, 11) is 0. The van der Waals surface area contributed by atoms with E-state index < -0.39 is 0 Å². The zero-order valence-corrected chi connectivity index (χ0v) is 10.7. The molecule has 0 bridgehead atoms. The number of hydrogen-bond donors (Lipinski definition) is 1. The van der Waals surface area contributed by atoms with Gasteiger partial charge in [0.1, 0.15) is 5.82 Å². The number of carbonyl (C=O) groups is 1. The Morgan fingerprint density at radius 1 is 1.33 bits per heavy atom. The van der Waals surface area contributed by atoms with Gasteiger partial charge in [-0.1, -0.05) is 0 Å². The highest BCUT2D eigenvalue weighted by atomic mass is 19.1. The average molecular weight is 250 g/mol. The van der Waals surface area contributed by atoms with Gasteiger partial charge in [-0.2, -0.15) is 0 Å². The summed E-state index contributed by atoms with van der Waals surface area (Å²) in [4.78, 5) is 13.8. The topological polar surface area (TPSA) is 32.3 Å². The molecule has 1 aromatic rings. The van der Waals surface area contributed by atoms with Gasteiger partial charge in [0.05, 0.1) is 6.54 Å². The van der Waals surface area contributed by atoms with Crippen molar-refractivity contribution in [3.8, 4) is 0 Å². The monoisotopic (exact) mass is 250 g/mol. The van der Waals surface area contributed by atoms with Crippen molar-refractivity contribution in [2.24, 2.45) is 0 Å². The van der Waals surface area contributed by atoms with Crippen LogP contribution in [-0.4, -0.2) is 30.4 Å². The van der Waals surface area contributed by atoms with Crippen LogP contribution in [0.3, 0.4) is 0 Å². The maximum atomic E-state index is 12.9. The van der Waals surface area contributed by atoms with E-state index >= 15 is 0 Å². The van der Waals surface area contributed by atoms with Crippen molar-refractivity contribution in [1.29, 1.82) is 0 Å². The van der Waals surface area contributed by atoms with E-state index in [1.807, 2.05) is 11.8 Å². The molecule has 1 saturated heterocycles. The van der Waals surface area contributed by atoms with Gasteiger partial charge >= 0.3 is 0 Å². The third kappa shape index (κ3) is 3.22. The standard InChI is InChI=1S/C14H19FN2O/c1-11-9-12(15)5-6-13(11)16-10-14(18)17-7-3-2-4-8-17/h5-6,9,16H,2-4,7-8,10H2,1H3. The maximum absolute atomic E-state index is 12.9. The van der Waals surface area contributed by atoms with E-state index in [-0.39, 0.29) is 18.3 Å². The van der Waals surface area contributed by atoms with Crippen molar-refractivity contribution < 1.29 is 9.18 Å². The summed E-state index contributed by atoms with van der Waals surface area (Å²) < 4.78 is 12.9. The largest absolute Gasteiger partial charge is 0.376 e. The third-order valence-electron chi connectivity index (χ3n) is 3.33. The van der Waals surface area contributed by atoms with Crippen LogP contribution in [0.2, 0.25) is 0 Å². The number of aryl methyl sites for hydroxylation is 1. The predicted octanol–water partition coefficient (Wildman–Crippen LogP) is 2.56. The fourth-order valence-electron chi connectivity index (χ4n) is 2.25. The second kappa shape index (κ2) is 5.85. The first kappa shape index (κ1) is 12.9. The number of rotatable bonds is 3. The molecule has 0 aliphatic carbocycles. The molecular weight excluding hydrogens is 231 g/mol. The van der Waals surface area contributed by atoms with Crippen LogP contribution in [0.25, 0.3) is 0 Å². The molecule has 1 heterocycles. The lowest BCUT2D eigenvalue weighted by molar-refractivity contribution is -0.130. The smallest absolute Gasteiger partial charge is 0.241 e. The number of hydrogen-bond acceptors (Lipinski definition) is 2. The first-order valence-electron chi connectivity index (χ1n) is 6.44. The quantitative estimate of drug-likeness (QED) is 0.894. The highest BCUT2D eigenvalue weighted by Gasteiger charge is 2.15. The molecule has 1 fully saturated rings. The van der Waals surface area contributed by atoms with Crippen molar-refractivity contribution in [2.45, 2.75) is 26.2 Å². The first-order chi connectivity index (χ1) is 8.66. The van der Waals surface area contributed by atoms with Crippen LogP contribution < -0.4 is 5.32 Å². The Labute approximate surface area is 107 Å². The van der Waals surface area contributed by atoms with E-state index in [0.29, 0.717) is 0 Å². The molecule has 0 spiro atoms. The van der Waals surface area contributed by atoms with Crippen LogP contribution >= 0.6 is 0 Å². The molecule has 98 valence electrons. The van der Waals surface area contributed by atoms with Gasteiger partial charge in [0, 0.05) is 18.8 Å². The lowest BCUT2D eigenvalue weighted by atomic mass is 10.1. The second-order valence-electron chi connectivity index (χ2n) is 4.75. The van der Waals surface area contributed by atoms with Crippen LogP contribution in [0.1, 0.15) is 24.8 Å². The number of likely N-dealkylation sites (tertiary alicyclic amines) is 1. The molecule has 1 amide bonds. The van der Waals surface area contributed by atoms with E-state index in [4.69, 9.17) is 0 Å². The summed E-state index contributed by atoms with van der Waals surface area (Å²) in [6, 6.07) is 4.54. The molecule has 4 heteroatoms.